The fourth-order valence-corrected chi connectivity index (χ4v) is 4.22. The second-order valence-corrected chi connectivity index (χ2v) is 8.03. The third-order valence-electron chi connectivity index (χ3n) is 5.76. The molecule has 1 aliphatic heterocycles. The van der Waals surface area contributed by atoms with Gasteiger partial charge in [-0.1, -0.05) is 18.2 Å². The Kier molecular flexibility index (Phi) is 5.68. The van der Waals surface area contributed by atoms with Gasteiger partial charge in [0.1, 0.15) is 0 Å². The van der Waals surface area contributed by atoms with E-state index in [0.29, 0.717) is 31.4 Å². The van der Waals surface area contributed by atoms with E-state index in [4.69, 9.17) is 0 Å². The number of piperidine rings is 1. The van der Waals surface area contributed by atoms with Gasteiger partial charge in [0.2, 0.25) is 0 Å². The number of halogens is 6. The van der Waals surface area contributed by atoms with Crippen molar-refractivity contribution in [3.63, 3.8) is 0 Å². The van der Waals surface area contributed by atoms with Crippen LogP contribution in [-0.4, -0.2) is 28.4 Å². The van der Waals surface area contributed by atoms with Crippen LogP contribution in [0.5, 0.6) is 0 Å². The third-order valence-corrected chi connectivity index (χ3v) is 5.76. The van der Waals surface area contributed by atoms with Crippen LogP contribution in [0.2, 0.25) is 0 Å². The Hall–Kier alpha value is -2.97. The Morgan fingerprint density at radius 1 is 0.938 bits per heavy atom. The number of hydrogen-bond acceptors (Lipinski definition) is 1. The molecule has 1 unspecified atom stereocenters. The molecule has 1 fully saturated rings. The van der Waals surface area contributed by atoms with Gasteiger partial charge in [0.25, 0.3) is 5.91 Å². The van der Waals surface area contributed by atoms with Crippen molar-refractivity contribution in [3.8, 4) is 0 Å². The topological polar surface area (TPSA) is 36.1 Å². The number of hydrogen-bond donors (Lipinski definition) is 1. The van der Waals surface area contributed by atoms with E-state index < -0.39 is 35.0 Å². The van der Waals surface area contributed by atoms with Gasteiger partial charge in [0.15, 0.2) is 0 Å². The first-order valence-corrected chi connectivity index (χ1v) is 10.2. The second-order valence-electron chi connectivity index (χ2n) is 8.03. The van der Waals surface area contributed by atoms with E-state index in [1.54, 1.807) is 0 Å². The third kappa shape index (κ3) is 4.61. The van der Waals surface area contributed by atoms with E-state index in [-0.39, 0.29) is 18.7 Å². The number of H-pyrrole nitrogens is 1. The predicted octanol–water partition coefficient (Wildman–Crippen LogP) is 6.44. The summed E-state index contributed by atoms with van der Waals surface area (Å²) >= 11 is 0. The Labute approximate surface area is 180 Å². The Morgan fingerprint density at radius 2 is 1.59 bits per heavy atom. The standard InChI is InChI=1S/C23H20F6N2O/c24-22(25,26)16-9-15(10-17(12-16)23(27,28)29)21(32)31-8-4-3-6-19(31)13-18-11-14-5-1-2-7-20(14)30-18/h1-2,5,7,9-12,19,30H,3-4,6,8,13H2. The molecule has 170 valence electrons. The number of benzene rings is 2. The summed E-state index contributed by atoms with van der Waals surface area (Å²) in [5.74, 6) is -0.817. The number of aromatic nitrogens is 1. The molecule has 1 amide bonds. The van der Waals surface area contributed by atoms with E-state index in [2.05, 4.69) is 4.98 Å². The summed E-state index contributed by atoms with van der Waals surface area (Å²) < 4.78 is 79.3. The van der Waals surface area contributed by atoms with Crippen LogP contribution in [0.1, 0.15) is 46.4 Å². The average Bonchev–Trinajstić information content (AvgIpc) is 3.14. The van der Waals surface area contributed by atoms with Gasteiger partial charge in [-0.3, -0.25) is 4.79 Å². The summed E-state index contributed by atoms with van der Waals surface area (Å²) in [6, 6.07) is 10.3. The highest BCUT2D eigenvalue weighted by atomic mass is 19.4. The number of aromatic amines is 1. The van der Waals surface area contributed by atoms with Gasteiger partial charge in [-0.15, -0.1) is 0 Å². The molecular formula is C23H20F6N2O. The molecule has 1 atom stereocenters. The number of carbonyl (C=O) groups excluding carboxylic acids is 1. The summed E-state index contributed by atoms with van der Waals surface area (Å²) in [6.07, 6.45) is -7.48. The van der Waals surface area contributed by atoms with Crippen LogP contribution >= 0.6 is 0 Å². The van der Waals surface area contributed by atoms with Gasteiger partial charge in [-0.05, 0) is 55.0 Å². The molecule has 3 aromatic rings. The molecule has 32 heavy (non-hydrogen) atoms. The Bertz CT molecular complexity index is 1070. The largest absolute Gasteiger partial charge is 0.416 e. The van der Waals surface area contributed by atoms with Crippen molar-refractivity contribution in [3.05, 3.63) is 70.9 Å². The quantitative estimate of drug-likeness (QED) is 0.454. The fraction of sp³-hybridized carbons (Fsp3) is 0.348. The van der Waals surface area contributed by atoms with Gasteiger partial charge >= 0.3 is 12.4 Å². The SMILES string of the molecule is O=C(c1cc(C(F)(F)F)cc(C(F)(F)F)c1)N1CCCCC1Cc1cc2ccccc2[nH]1. The zero-order valence-corrected chi connectivity index (χ0v) is 16.9. The van der Waals surface area contributed by atoms with Crippen LogP contribution in [0.25, 0.3) is 10.9 Å². The van der Waals surface area contributed by atoms with Crippen molar-refractivity contribution < 1.29 is 31.1 Å². The minimum atomic E-state index is -5.00. The number of rotatable bonds is 3. The molecule has 1 aromatic heterocycles. The van der Waals surface area contributed by atoms with E-state index in [1.807, 2.05) is 30.3 Å². The lowest BCUT2D eigenvalue weighted by Crippen LogP contribution is -2.45. The first kappa shape index (κ1) is 22.2. The first-order valence-electron chi connectivity index (χ1n) is 10.2. The van der Waals surface area contributed by atoms with E-state index in [9.17, 15) is 31.1 Å². The zero-order chi connectivity index (χ0) is 23.1. The Morgan fingerprint density at radius 3 is 2.22 bits per heavy atom. The van der Waals surface area contributed by atoms with Crippen molar-refractivity contribution in [1.29, 1.82) is 0 Å². The van der Waals surface area contributed by atoms with Gasteiger partial charge in [0.05, 0.1) is 11.1 Å². The molecule has 0 radical (unpaired) electrons. The maximum absolute atomic E-state index is 13.2. The molecule has 1 saturated heterocycles. The van der Waals surface area contributed by atoms with Crippen molar-refractivity contribution in [1.82, 2.24) is 9.88 Å². The van der Waals surface area contributed by atoms with Crippen LogP contribution in [0.4, 0.5) is 26.3 Å². The van der Waals surface area contributed by atoms with E-state index in [0.717, 1.165) is 23.0 Å². The van der Waals surface area contributed by atoms with Crippen molar-refractivity contribution in [2.45, 2.75) is 44.1 Å². The van der Waals surface area contributed by atoms with Crippen molar-refractivity contribution in [2.75, 3.05) is 6.54 Å². The van der Waals surface area contributed by atoms with Crippen molar-refractivity contribution >= 4 is 16.8 Å². The van der Waals surface area contributed by atoms with Crippen LogP contribution < -0.4 is 0 Å². The molecule has 1 aliphatic rings. The van der Waals surface area contributed by atoms with Crippen LogP contribution in [0.3, 0.4) is 0 Å². The summed E-state index contributed by atoms with van der Waals surface area (Å²) in [6.45, 7) is 0.279. The van der Waals surface area contributed by atoms with Crippen LogP contribution in [0, 0.1) is 0 Å². The second kappa shape index (κ2) is 8.18. The number of amides is 1. The number of likely N-dealkylation sites (tertiary alicyclic amines) is 1. The van der Waals surface area contributed by atoms with Gasteiger partial charge < -0.3 is 9.88 Å². The molecule has 3 nitrogen and oxygen atoms in total. The minimum absolute atomic E-state index is 0.0367. The highest BCUT2D eigenvalue weighted by Crippen LogP contribution is 2.37. The normalized spacial score (nSPS) is 17.7. The fourth-order valence-electron chi connectivity index (χ4n) is 4.22. The number of para-hydroxylation sites is 1. The van der Waals surface area contributed by atoms with E-state index in [1.165, 1.54) is 4.90 Å². The van der Waals surface area contributed by atoms with Gasteiger partial charge in [0, 0.05) is 35.8 Å². The Balaban J connectivity index is 1.65. The number of nitrogens with one attached hydrogen (secondary N) is 1. The van der Waals surface area contributed by atoms with Crippen LogP contribution in [0.15, 0.2) is 48.5 Å². The summed E-state index contributed by atoms with van der Waals surface area (Å²) in [4.78, 5) is 17.8. The average molecular weight is 454 g/mol. The number of carbonyl (C=O) groups is 1. The molecule has 1 N–H and O–H groups in total. The van der Waals surface area contributed by atoms with Gasteiger partial charge in [-0.2, -0.15) is 26.3 Å². The summed E-state index contributed by atoms with van der Waals surface area (Å²) in [5, 5.41) is 0.990. The highest BCUT2D eigenvalue weighted by molar-refractivity contribution is 5.95. The molecule has 2 heterocycles. The smallest absolute Gasteiger partial charge is 0.358 e. The number of nitrogens with zero attached hydrogens (tertiary/aromatic N) is 1. The number of alkyl halides is 6. The molecule has 0 bridgehead atoms. The number of fused-ring (bicyclic) bond motifs is 1. The van der Waals surface area contributed by atoms with E-state index >= 15 is 0 Å². The predicted molar refractivity (Wildman–Crippen MR) is 107 cm³/mol. The molecule has 2 aromatic carbocycles. The molecule has 0 aliphatic carbocycles. The van der Waals surface area contributed by atoms with Gasteiger partial charge in [-0.25, -0.2) is 0 Å². The highest BCUT2D eigenvalue weighted by Gasteiger charge is 2.38. The molecule has 9 heteroatoms. The van der Waals surface area contributed by atoms with Crippen LogP contribution in [-0.2, 0) is 18.8 Å². The monoisotopic (exact) mass is 454 g/mol. The maximum Gasteiger partial charge on any atom is 0.416 e. The lowest BCUT2D eigenvalue weighted by molar-refractivity contribution is -0.143. The lowest BCUT2D eigenvalue weighted by Gasteiger charge is -2.36. The minimum Gasteiger partial charge on any atom is -0.358 e. The first-order chi connectivity index (χ1) is 15.0. The maximum atomic E-state index is 13.2. The molecule has 0 saturated carbocycles. The summed E-state index contributed by atoms with van der Waals surface area (Å²) in [5.41, 5.74) is -1.80. The summed E-state index contributed by atoms with van der Waals surface area (Å²) in [7, 11) is 0. The molecule has 0 spiro atoms. The van der Waals surface area contributed by atoms with Crippen molar-refractivity contribution in [2.24, 2.45) is 0 Å². The molecule has 4 rings (SSSR count). The zero-order valence-electron chi connectivity index (χ0n) is 16.9. The molecular weight excluding hydrogens is 434 g/mol. The lowest BCUT2D eigenvalue weighted by atomic mass is 9.96.